The van der Waals surface area contributed by atoms with Gasteiger partial charge in [0.2, 0.25) is 0 Å². The third-order valence-electron chi connectivity index (χ3n) is 1.66. The van der Waals surface area contributed by atoms with E-state index in [2.05, 4.69) is 26.0 Å². The Hall–Kier alpha value is -1.24. The van der Waals surface area contributed by atoms with Crippen LogP contribution in [0.1, 0.15) is 26.3 Å². The number of rotatable bonds is 3. The minimum absolute atomic E-state index is 0.716. The van der Waals surface area contributed by atoms with Crippen LogP contribution in [-0.2, 0) is 0 Å². The number of hydrogen-bond donors (Lipinski definition) is 0. The molecule has 1 aromatic rings. The molecule has 0 amide bonds. The minimum Gasteiger partial charge on any atom is -0.493 e. The van der Waals surface area contributed by atoms with Crippen LogP contribution in [-0.4, -0.2) is 6.61 Å². The number of benzene rings is 1. The molecule has 70 valence electrons. The lowest BCUT2D eigenvalue weighted by atomic mass is 10.1. The van der Waals surface area contributed by atoms with E-state index < -0.39 is 0 Å². The fourth-order valence-electron chi connectivity index (χ4n) is 1.20. The van der Waals surface area contributed by atoms with Crippen molar-refractivity contribution in [1.29, 1.82) is 0 Å². The van der Waals surface area contributed by atoms with Gasteiger partial charge in [0.15, 0.2) is 0 Å². The zero-order chi connectivity index (χ0) is 9.68. The Balaban J connectivity index is 2.97. The predicted octanol–water partition coefficient (Wildman–Crippen LogP) is 3.51. The van der Waals surface area contributed by atoms with Gasteiger partial charge < -0.3 is 4.74 Å². The normalized spacial score (nSPS) is 9.46. The van der Waals surface area contributed by atoms with Gasteiger partial charge in [-0.25, -0.2) is 0 Å². The fourth-order valence-corrected chi connectivity index (χ4v) is 1.20. The number of ether oxygens (including phenoxy) is 1. The van der Waals surface area contributed by atoms with Gasteiger partial charge in [0, 0.05) is 5.56 Å². The molecule has 1 aromatic carbocycles. The summed E-state index contributed by atoms with van der Waals surface area (Å²) in [6.07, 6.45) is 2.13. The molecule has 0 aliphatic heterocycles. The van der Waals surface area contributed by atoms with Crippen molar-refractivity contribution in [2.45, 2.75) is 20.8 Å². The van der Waals surface area contributed by atoms with Crippen LogP contribution in [0.5, 0.6) is 5.75 Å². The zero-order valence-corrected chi connectivity index (χ0v) is 8.50. The van der Waals surface area contributed by atoms with Crippen molar-refractivity contribution in [3.8, 4) is 5.75 Å². The Morgan fingerprint density at radius 1 is 1.31 bits per heavy atom. The summed E-state index contributed by atoms with van der Waals surface area (Å²) >= 11 is 0. The molecule has 1 rings (SSSR count). The molecule has 0 unspecified atom stereocenters. The van der Waals surface area contributed by atoms with Crippen LogP contribution in [0.2, 0.25) is 0 Å². The van der Waals surface area contributed by atoms with Gasteiger partial charge in [-0.3, -0.25) is 0 Å². The van der Waals surface area contributed by atoms with E-state index in [4.69, 9.17) is 4.74 Å². The topological polar surface area (TPSA) is 9.23 Å². The molecular formula is C12H16O. The molecule has 0 atom stereocenters. The molecule has 0 heterocycles. The molecule has 0 N–H and O–H groups in total. The number of hydrogen-bond acceptors (Lipinski definition) is 1. The van der Waals surface area contributed by atoms with Gasteiger partial charge in [0.05, 0.1) is 6.61 Å². The summed E-state index contributed by atoms with van der Waals surface area (Å²) in [6, 6.07) is 8.08. The summed E-state index contributed by atoms with van der Waals surface area (Å²) in [5, 5.41) is 0. The van der Waals surface area contributed by atoms with Crippen molar-refractivity contribution >= 4 is 6.08 Å². The van der Waals surface area contributed by atoms with Crippen LogP contribution in [0, 0.1) is 0 Å². The van der Waals surface area contributed by atoms with Gasteiger partial charge >= 0.3 is 0 Å². The Bertz CT molecular complexity index is 296. The number of para-hydroxylation sites is 1. The average molecular weight is 176 g/mol. The SMILES string of the molecule is CCOc1ccccc1C=C(C)C. The van der Waals surface area contributed by atoms with Crippen molar-refractivity contribution in [2.24, 2.45) is 0 Å². The summed E-state index contributed by atoms with van der Waals surface area (Å²) in [5.74, 6) is 0.964. The summed E-state index contributed by atoms with van der Waals surface area (Å²) < 4.78 is 5.49. The first kappa shape index (κ1) is 9.85. The minimum atomic E-state index is 0.716. The van der Waals surface area contributed by atoms with Gasteiger partial charge in [0.1, 0.15) is 5.75 Å². The standard InChI is InChI=1S/C12H16O/c1-4-13-12-8-6-5-7-11(12)9-10(2)3/h5-9H,4H2,1-3H3. The van der Waals surface area contributed by atoms with Crippen molar-refractivity contribution in [3.63, 3.8) is 0 Å². The number of allylic oxidation sites excluding steroid dienone is 1. The maximum Gasteiger partial charge on any atom is 0.126 e. The van der Waals surface area contributed by atoms with Crippen LogP contribution in [0.4, 0.5) is 0 Å². The van der Waals surface area contributed by atoms with Crippen LogP contribution in [0.3, 0.4) is 0 Å². The average Bonchev–Trinajstić information content (AvgIpc) is 2.08. The van der Waals surface area contributed by atoms with E-state index in [0.29, 0.717) is 6.61 Å². The Morgan fingerprint density at radius 2 is 2.00 bits per heavy atom. The predicted molar refractivity (Wildman–Crippen MR) is 56.9 cm³/mol. The molecular weight excluding hydrogens is 160 g/mol. The third kappa shape index (κ3) is 2.94. The lowest BCUT2D eigenvalue weighted by Crippen LogP contribution is -1.93. The van der Waals surface area contributed by atoms with E-state index in [9.17, 15) is 0 Å². The molecule has 1 heteroatoms. The smallest absolute Gasteiger partial charge is 0.126 e. The van der Waals surface area contributed by atoms with Crippen molar-refractivity contribution in [3.05, 3.63) is 35.4 Å². The zero-order valence-electron chi connectivity index (χ0n) is 8.50. The van der Waals surface area contributed by atoms with Crippen LogP contribution < -0.4 is 4.74 Å². The monoisotopic (exact) mass is 176 g/mol. The van der Waals surface area contributed by atoms with E-state index in [1.54, 1.807) is 0 Å². The lowest BCUT2D eigenvalue weighted by molar-refractivity contribution is 0.339. The summed E-state index contributed by atoms with van der Waals surface area (Å²) in [6.45, 7) is 6.89. The molecule has 13 heavy (non-hydrogen) atoms. The summed E-state index contributed by atoms with van der Waals surface area (Å²) in [4.78, 5) is 0. The molecule has 0 spiro atoms. The van der Waals surface area contributed by atoms with E-state index in [1.165, 1.54) is 5.57 Å². The van der Waals surface area contributed by atoms with E-state index in [0.717, 1.165) is 11.3 Å². The highest BCUT2D eigenvalue weighted by atomic mass is 16.5. The Labute approximate surface area is 80.0 Å². The molecule has 0 radical (unpaired) electrons. The van der Waals surface area contributed by atoms with Crippen molar-refractivity contribution in [2.75, 3.05) is 6.61 Å². The Morgan fingerprint density at radius 3 is 2.62 bits per heavy atom. The van der Waals surface area contributed by atoms with Gasteiger partial charge in [-0.1, -0.05) is 29.8 Å². The molecule has 0 saturated heterocycles. The van der Waals surface area contributed by atoms with Crippen LogP contribution >= 0.6 is 0 Å². The second-order valence-corrected chi connectivity index (χ2v) is 3.19. The van der Waals surface area contributed by atoms with Gasteiger partial charge in [-0.2, -0.15) is 0 Å². The maximum atomic E-state index is 5.49. The highest BCUT2D eigenvalue weighted by Crippen LogP contribution is 2.20. The third-order valence-corrected chi connectivity index (χ3v) is 1.66. The molecule has 0 aliphatic carbocycles. The maximum absolute atomic E-state index is 5.49. The van der Waals surface area contributed by atoms with Crippen LogP contribution in [0.25, 0.3) is 6.08 Å². The lowest BCUT2D eigenvalue weighted by Gasteiger charge is -2.06. The van der Waals surface area contributed by atoms with Crippen molar-refractivity contribution < 1.29 is 4.74 Å². The molecule has 0 aliphatic rings. The van der Waals surface area contributed by atoms with E-state index >= 15 is 0 Å². The first-order valence-corrected chi connectivity index (χ1v) is 4.60. The molecule has 0 aromatic heterocycles. The highest BCUT2D eigenvalue weighted by Gasteiger charge is 1.97. The molecule has 0 saturated carbocycles. The van der Waals surface area contributed by atoms with Gasteiger partial charge in [-0.05, 0) is 26.8 Å². The second-order valence-electron chi connectivity index (χ2n) is 3.19. The summed E-state index contributed by atoms with van der Waals surface area (Å²) in [7, 11) is 0. The fraction of sp³-hybridized carbons (Fsp3) is 0.333. The Kier molecular flexibility index (Phi) is 3.56. The van der Waals surface area contributed by atoms with E-state index in [-0.39, 0.29) is 0 Å². The van der Waals surface area contributed by atoms with Crippen molar-refractivity contribution in [1.82, 2.24) is 0 Å². The van der Waals surface area contributed by atoms with Crippen LogP contribution in [0.15, 0.2) is 29.8 Å². The highest BCUT2D eigenvalue weighted by molar-refractivity contribution is 5.58. The first-order chi connectivity index (χ1) is 6.24. The van der Waals surface area contributed by atoms with Gasteiger partial charge in [-0.15, -0.1) is 0 Å². The molecule has 0 bridgehead atoms. The second kappa shape index (κ2) is 4.70. The molecule has 1 nitrogen and oxygen atoms in total. The van der Waals surface area contributed by atoms with Gasteiger partial charge in [0.25, 0.3) is 0 Å². The van der Waals surface area contributed by atoms with E-state index in [1.807, 2.05) is 25.1 Å². The molecule has 0 fully saturated rings. The quantitative estimate of drug-likeness (QED) is 0.684. The summed E-state index contributed by atoms with van der Waals surface area (Å²) in [5.41, 5.74) is 2.44. The largest absolute Gasteiger partial charge is 0.493 e. The first-order valence-electron chi connectivity index (χ1n) is 4.60.